The number of rotatable bonds is 2. The third-order valence-corrected chi connectivity index (χ3v) is 4.61. The van der Waals surface area contributed by atoms with E-state index < -0.39 is 0 Å². The Balaban J connectivity index is 1.72. The molecule has 2 fully saturated rings. The van der Waals surface area contributed by atoms with Gasteiger partial charge in [-0.1, -0.05) is 18.0 Å². The molecule has 2 bridgehead atoms. The number of pyridine rings is 1. The van der Waals surface area contributed by atoms with Crippen LogP contribution in [0.25, 0.3) is 0 Å². The Kier molecular flexibility index (Phi) is 3.02. The van der Waals surface area contributed by atoms with Crippen molar-refractivity contribution in [1.82, 2.24) is 4.98 Å². The first-order valence-corrected chi connectivity index (χ1v) is 6.94. The number of halogens is 1. The van der Waals surface area contributed by atoms with Crippen LogP contribution in [0.15, 0.2) is 12.3 Å². The summed E-state index contributed by atoms with van der Waals surface area (Å²) in [5.74, 6) is 1.67. The average Bonchev–Trinajstić information content (AvgIpc) is 2.96. The number of aromatic nitrogens is 1. The van der Waals surface area contributed by atoms with Gasteiger partial charge in [0, 0.05) is 12.1 Å². The Labute approximate surface area is 112 Å². The van der Waals surface area contributed by atoms with E-state index in [0.29, 0.717) is 16.8 Å². The Hall–Kier alpha value is -1.09. The van der Waals surface area contributed by atoms with Crippen LogP contribution in [-0.4, -0.2) is 10.9 Å². The smallest absolute Gasteiger partial charge is 0.227 e. The minimum Gasteiger partial charge on any atom is -0.323 e. The summed E-state index contributed by atoms with van der Waals surface area (Å²) in [7, 11) is 0. The molecule has 0 saturated heterocycles. The Morgan fingerprint density at radius 3 is 2.94 bits per heavy atom. The van der Waals surface area contributed by atoms with Crippen LogP contribution in [0.2, 0.25) is 5.15 Å². The van der Waals surface area contributed by atoms with Crippen LogP contribution in [0.4, 0.5) is 5.69 Å². The van der Waals surface area contributed by atoms with E-state index in [-0.39, 0.29) is 11.8 Å². The largest absolute Gasteiger partial charge is 0.323 e. The number of nitrogens with one attached hydrogen (secondary N) is 1. The lowest BCUT2D eigenvalue weighted by Gasteiger charge is -2.21. The molecule has 3 nitrogen and oxygen atoms in total. The summed E-state index contributed by atoms with van der Waals surface area (Å²) in [5.41, 5.74) is 1.65. The number of nitrogens with zero attached hydrogens (tertiary/aromatic N) is 1. The molecule has 1 aromatic heterocycles. The molecule has 1 aromatic rings. The molecule has 0 aliphatic heterocycles. The number of hydrogen-bond acceptors (Lipinski definition) is 2. The number of carbonyl (C=O) groups is 1. The van der Waals surface area contributed by atoms with Gasteiger partial charge in [0.1, 0.15) is 0 Å². The van der Waals surface area contributed by atoms with Gasteiger partial charge in [0.15, 0.2) is 5.15 Å². The van der Waals surface area contributed by atoms with Crippen molar-refractivity contribution in [1.29, 1.82) is 0 Å². The van der Waals surface area contributed by atoms with Gasteiger partial charge < -0.3 is 5.32 Å². The van der Waals surface area contributed by atoms with Gasteiger partial charge in [-0.25, -0.2) is 4.98 Å². The zero-order valence-corrected chi connectivity index (χ0v) is 11.2. The van der Waals surface area contributed by atoms with Gasteiger partial charge in [-0.3, -0.25) is 4.79 Å². The van der Waals surface area contributed by atoms with Gasteiger partial charge in [-0.2, -0.15) is 0 Å². The van der Waals surface area contributed by atoms with Crippen LogP contribution in [0.1, 0.15) is 31.2 Å². The highest BCUT2D eigenvalue weighted by Gasteiger charge is 2.43. The summed E-state index contributed by atoms with van der Waals surface area (Å²) in [6.07, 6.45) is 6.50. The second-order valence-electron chi connectivity index (χ2n) is 5.62. The van der Waals surface area contributed by atoms with E-state index in [1.165, 1.54) is 19.3 Å². The predicted molar refractivity (Wildman–Crippen MR) is 71.6 cm³/mol. The highest BCUT2D eigenvalue weighted by Crippen LogP contribution is 2.48. The van der Waals surface area contributed by atoms with E-state index in [1.54, 1.807) is 6.20 Å². The highest BCUT2D eigenvalue weighted by atomic mass is 35.5. The van der Waals surface area contributed by atoms with Gasteiger partial charge in [-0.15, -0.1) is 0 Å². The number of carbonyl (C=O) groups excluding carboxylic acids is 1. The monoisotopic (exact) mass is 264 g/mol. The lowest BCUT2D eigenvalue weighted by molar-refractivity contribution is -0.121. The number of hydrogen-bond donors (Lipinski definition) is 1. The van der Waals surface area contributed by atoms with Gasteiger partial charge in [0.2, 0.25) is 5.91 Å². The van der Waals surface area contributed by atoms with Crippen LogP contribution in [0.5, 0.6) is 0 Å². The van der Waals surface area contributed by atoms with Crippen LogP contribution in [0, 0.1) is 24.7 Å². The van der Waals surface area contributed by atoms with E-state index in [2.05, 4.69) is 10.3 Å². The molecule has 18 heavy (non-hydrogen) atoms. The highest BCUT2D eigenvalue weighted by molar-refractivity contribution is 6.32. The summed E-state index contributed by atoms with van der Waals surface area (Å²) >= 11 is 6.00. The molecule has 1 heterocycles. The Morgan fingerprint density at radius 1 is 1.44 bits per heavy atom. The minimum absolute atomic E-state index is 0.122. The van der Waals surface area contributed by atoms with Crippen LogP contribution in [-0.2, 0) is 4.79 Å². The summed E-state index contributed by atoms with van der Waals surface area (Å²) in [5, 5.41) is 3.32. The molecule has 3 rings (SSSR count). The normalized spacial score (nSPS) is 29.6. The Morgan fingerprint density at radius 2 is 2.28 bits per heavy atom. The Bertz CT molecular complexity index is 489. The van der Waals surface area contributed by atoms with E-state index >= 15 is 0 Å². The maximum atomic E-state index is 12.3. The summed E-state index contributed by atoms with van der Waals surface area (Å²) < 4.78 is 0. The van der Waals surface area contributed by atoms with Gasteiger partial charge in [-0.05, 0) is 49.7 Å². The molecule has 2 aliphatic rings. The van der Waals surface area contributed by atoms with Crippen LogP contribution in [0.3, 0.4) is 0 Å². The third-order valence-electron chi connectivity index (χ3n) is 4.31. The maximum absolute atomic E-state index is 12.3. The molecule has 0 spiro atoms. The fraction of sp³-hybridized carbons (Fsp3) is 0.571. The first-order valence-electron chi connectivity index (χ1n) is 6.56. The molecule has 2 saturated carbocycles. The molecule has 2 aliphatic carbocycles. The summed E-state index contributed by atoms with van der Waals surface area (Å²) in [6.45, 7) is 1.94. The molecular formula is C14H17ClN2O. The molecule has 96 valence electrons. The fourth-order valence-electron chi connectivity index (χ4n) is 3.43. The maximum Gasteiger partial charge on any atom is 0.227 e. The first-order chi connectivity index (χ1) is 8.63. The fourth-order valence-corrected chi connectivity index (χ4v) is 3.58. The van der Waals surface area contributed by atoms with Crippen molar-refractivity contribution in [3.63, 3.8) is 0 Å². The third kappa shape index (κ3) is 2.12. The average molecular weight is 265 g/mol. The number of aryl methyl sites for hydroxylation is 1. The lowest BCUT2D eigenvalue weighted by Crippen LogP contribution is -2.27. The number of anilines is 1. The molecule has 4 heteroatoms. The lowest BCUT2D eigenvalue weighted by atomic mass is 9.88. The van der Waals surface area contributed by atoms with E-state index in [9.17, 15) is 4.79 Å². The number of fused-ring (bicyclic) bond motifs is 2. The van der Waals surface area contributed by atoms with Crippen LogP contribution < -0.4 is 5.32 Å². The summed E-state index contributed by atoms with van der Waals surface area (Å²) in [4.78, 5) is 16.3. The number of amides is 1. The van der Waals surface area contributed by atoms with Crippen molar-refractivity contribution in [3.05, 3.63) is 23.0 Å². The standard InChI is InChI=1S/C14H17ClN2O/c1-8-4-12(13(15)16-7-8)17-14(18)11-6-9-2-3-10(11)5-9/h4,7,9-11H,2-3,5-6H2,1H3,(H,17,18). The molecule has 3 unspecified atom stereocenters. The van der Waals surface area contributed by atoms with Crippen LogP contribution >= 0.6 is 11.6 Å². The summed E-state index contributed by atoms with van der Waals surface area (Å²) in [6, 6.07) is 1.88. The van der Waals surface area contributed by atoms with Gasteiger partial charge >= 0.3 is 0 Å². The van der Waals surface area contributed by atoms with E-state index in [1.807, 2.05) is 13.0 Å². The predicted octanol–water partition coefficient (Wildman–Crippen LogP) is 3.42. The van der Waals surface area contributed by atoms with Crippen molar-refractivity contribution < 1.29 is 4.79 Å². The van der Waals surface area contributed by atoms with Crippen molar-refractivity contribution >= 4 is 23.2 Å². The van der Waals surface area contributed by atoms with E-state index in [0.717, 1.165) is 17.9 Å². The minimum atomic E-state index is 0.122. The van der Waals surface area contributed by atoms with Gasteiger partial charge in [0.05, 0.1) is 5.69 Å². The molecular weight excluding hydrogens is 248 g/mol. The zero-order valence-electron chi connectivity index (χ0n) is 10.4. The molecule has 0 radical (unpaired) electrons. The quantitative estimate of drug-likeness (QED) is 0.832. The molecule has 1 N–H and O–H groups in total. The van der Waals surface area contributed by atoms with Gasteiger partial charge in [0.25, 0.3) is 0 Å². The van der Waals surface area contributed by atoms with Crippen molar-refractivity contribution in [3.8, 4) is 0 Å². The molecule has 3 atom stereocenters. The topological polar surface area (TPSA) is 42.0 Å². The van der Waals surface area contributed by atoms with Crippen molar-refractivity contribution in [2.75, 3.05) is 5.32 Å². The van der Waals surface area contributed by atoms with Crippen molar-refractivity contribution in [2.24, 2.45) is 17.8 Å². The van der Waals surface area contributed by atoms with E-state index in [4.69, 9.17) is 11.6 Å². The molecule has 0 aromatic carbocycles. The zero-order chi connectivity index (χ0) is 12.7. The second kappa shape index (κ2) is 4.54. The van der Waals surface area contributed by atoms with Crippen molar-refractivity contribution in [2.45, 2.75) is 32.6 Å². The SMILES string of the molecule is Cc1cnc(Cl)c(NC(=O)C2CC3CCC2C3)c1. The first kappa shape index (κ1) is 12.0. The second-order valence-corrected chi connectivity index (χ2v) is 5.98. The molecule has 1 amide bonds.